The highest BCUT2D eigenvalue weighted by molar-refractivity contribution is 7.86. The minimum absolute atomic E-state index is 0.113. The molecular formula is C15H16O5S. The summed E-state index contributed by atoms with van der Waals surface area (Å²) in [5.74, 6) is 1.88. The van der Waals surface area contributed by atoms with Gasteiger partial charge in [-0.1, -0.05) is 18.2 Å². The largest absolute Gasteiger partial charge is 0.492 e. The van der Waals surface area contributed by atoms with Crippen LogP contribution in [-0.2, 0) is 10.1 Å². The fourth-order valence-corrected chi connectivity index (χ4v) is 1.77. The summed E-state index contributed by atoms with van der Waals surface area (Å²) in [5, 5.41) is -0.974. The smallest absolute Gasteiger partial charge is 0.270 e. The van der Waals surface area contributed by atoms with Crippen LogP contribution >= 0.6 is 0 Å². The van der Waals surface area contributed by atoms with Gasteiger partial charge < -0.3 is 9.47 Å². The molecule has 0 aliphatic carbocycles. The van der Waals surface area contributed by atoms with E-state index in [4.69, 9.17) is 14.0 Å². The maximum absolute atomic E-state index is 10.9. The lowest BCUT2D eigenvalue weighted by Crippen LogP contribution is -2.24. The van der Waals surface area contributed by atoms with Crippen molar-refractivity contribution in [3.8, 4) is 17.2 Å². The Morgan fingerprint density at radius 2 is 1.48 bits per heavy atom. The monoisotopic (exact) mass is 308 g/mol. The van der Waals surface area contributed by atoms with E-state index in [1.165, 1.54) is 6.92 Å². The van der Waals surface area contributed by atoms with Crippen molar-refractivity contribution < 1.29 is 22.4 Å². The molecule has 1 N–H and O–H groups in total. The molecule has 0 unspecified atom stereocenters. The number of rotatable bonds is 6. The molecule has 112 valence electrons. The second-order valence-corrected chi connectivity index (χ2v) is 6.36. The quantitative estimate of drug-likeness (QED) is 0.830. The second-order valence-electron chi connectivity index (χ2n) is 4.52. The van der Waals surface area contributed by atoms with Crippen LogP contribution in [0.5, 0.6) is 17.2 Å². The van der Waals surface area contributed by atoms with Gasteiger partial charge in [0.25, 0.3) is 10.1 Å². The molecule has 0 fully saturated rings. The van der Waals surface area contributed by atoms with Crippen molar-refractivity contribution in [2.75, 3.05) is 6.61 Å². The van der Waals surface area contributed by atoms with E-state index >= 15 is 0 Å². The Balaban J connectivity index is 1.93. The highest BCUT2D eigenvalue weighted by atomic mass is 32.2. The number of hydrogen-bond donors (Lipinski definition) is 1. The molecule has 0 radical (unpaired) electrons. The van der Waals surface area contributed by atoms with Gasteiger partial charge >= 0.3 is 0 Å². The second kappa shape index (κ2) is 6.60. The van der Waals surface area contributed by atoms with Crippen LogP contribution < -0.4 is 9.47 Å². The van der Waals surface area contributed by atoms with E-state index in [1.807, 2.05) is 30.3 Å². The zero-order valence-corrected chi connectivity index (χ0v) is 12.3. The van der Waals surface area contributed by atoms with Crippen LogP contribution in [0.2, 0.25) is 0 Å². The molecule has 0 amide bonds. The normalized spacial score (nSPS) is 12.7. The highest BCUT2D eigenvalue weighted by Gasteiger charge is 2.17. The molecular weight excluding hydrogens is 292 g/mol. The van der Waals surface area contributed by atoms with Gasteiger partial charge in [-0.15, -0.1) is 0 Å². The lowest BCUT2D eigenvalue weighted by Gasteiger charge is -2.11. The van der Waals surface area contributed by atoms with Crippen LogP contribution in [0.4, 0.5) is 0 Å². The molecule has 1 atom stereocenters. The van der Waals surface area contributed by atoms with Crippen molar-refractivity contribution in [3.63, 3.8) is 0 Å². The first-order valence-electron chi connectivity index (χ1n) is 6.37. The van der Waals surface area contributed by atoms with Gasteiger partial charge in [0.2, 0.25) is 0 Å². The van der Waals surface area contributed by atoms with Gasteiger partial charge in [0.05, 0.1) is 0 Å². The Labute approximate surface area is 123 Å². The van der Waals surface area contributed by atoms with E-state index in [0.29, 0.717) is 11.5 Å². The average Bonchev–Trinajstić information content (AvgIpc) is 2.46. The van der Waals surface area contributed by atoms with Crippen LogP contribution in [0.15, 0.2) is 54.6 Å². The predicted molar refractivity (Wildman–Crippen MR) is 79.5 cm³/mol. The van der Waals surface area contributed by atoms with E-state index in [2.05, 4.69) is 0 Å². The molecule has 0 spiro atoms. The van der Waals surface area contributed by atoms with E-state index in [-0.39, 0.29) is 6.61 Å². The van der Waals surface area contributed by atoms with Crippen LogP contribution in [0, 0.1) is 0 Å². The summed E-state index contributed by atoms with van der Waals surface area (Å²) in [6, 6.07) is 16.1. The van der Waals surface area contributed by atoms with Crippen molar-refractivity contribution >= 4 is 10.1 Å². The molecule has 0 saturated carbocycles. The highest BCUT2D eigenvalue weighted by Crippen LogP contribution is 2.23. The Bertz CT molecular complexity index is 665. The first kappa shape index (κ1) is 15.3. The topological polar surface area (TPSA) is 72.8 Å². The Morgan fingerprint density at radius 1 is 0.952 bits per heavy atom. The van der Waals surface area contributed by atoms with Crippen molar-refractivity contribution in [1.82, 2.24) is 0 Å². The molecule has 2 rings (SSSR count). The Hall–Kier alpha value is -2.05. The molecule has 6 heteroatoms. The molecule has 21 heavy (non-hydrogen) atoms. The van der Waals surface area contributed by atoms with E-state index in [0.717, 1.165) is 5.75 Å². The van der Waals surface area contributed by atoms with Gasteiger partial charge in [-0.2, -0.15) is 8.42 Å². The molecule has 0 aliphatic heterocycles. The summed E-state index contributed by atoms with van der Waals surface area (Å²) < 4.78 is 41.5. The maximum Gasteiger partial charge on any atom is 0.270 e. The molecule has 0 saturated heterocycles. The van der Waals surface area contributed by atoms with E-state index in [1.54, 1.807) is 24.3 Å². The molecule has 0 aliphatic rings. The minimum Gasteiger partial charge on any atom is -0.492 e. The van der Waals surface area contributed by atoms with Crippen molar-refractivity contribution in [2.45, 2.75) is 12.2 Å². The summed E-state index contributed by atoms with van der Waals surface area (Å²) in [6.45, 7) is 1.26. The molecule has 0 heterocycles. The molecule has 2 aromatic rings. The van der Waals surface area contributed by atoms with Crippen molar-refractivity contribution in [2.24, 2.45) is 0 Å². The van der Waals surface area contributed by atoms with Crippen LogP contribution in [-0.4, -0.2) is 24.8 Å². The molecule has 0 aromatic heterocycles. The number of hydrogen-bond acceptors (Lipinski definition) is 4. The van der Waals surface area contributed by atoms with E-state index < -0.39 is 15.4 Å². The number of ether oxygens (including phenoxy) is 2. The lowest BCUT2D eigenvalue weighted by atomic mass is 10.3. The maximum atomic E-state index is 10.9. The van der Waals surface area contributed by atoms with Gasteiger partial charge in [-0.3, -0.25) is 4.55 Å². The zero-order valence-electron chi connectivity index (χ0n) is 11.5. The third-order valence-corrected chi connectivity index (χ3v) is 3.95. The van der Waals surface area contributed by atoms with Crippen LogP contribution in [0.25, 0.3) is 0 Å². The molecule has 2 aromatic carbocycles. The fraction of sp³-hybridized carbons (Fsp3) is 0.200. The van der Waals surface area contributed by atoms with Gasteiger partial charge in [0.1, 0.15) is 29.1 Å². The van der Waals surface area contributed by atoms with E-state index in [9.17, 15) is 8.42 Å². The SMILES string of the molecule is C[C@H](COc1ccc(Oc2ccccc2)cc1)S(=O)(=O)O. The third kappa shape index (κ3) is 4.77. The zero-order chi connectivity index (χ0) is 15.3. The fourth-order valence-electron chi connectivity index (χ4n) is 1.53. The van der Waals surface area contributed by atoms with Crippen LogP contribution in [0.3, 0.4) is 0 Å². The van der Waals surface area contributed by atoms with Gasteiger partial charge in [-0.25, -0.2) is 0 Å². The van der Waals surface area contributed by atoms with Crippen molar-refractivity contribution in [1.29, 1.82) is 0 Å². The Morgan fingerprint density at radius 3 is 2.05 bits per heavy atom. The van der Waals surface area contributed by atoms with Crippen LogP contribution in [0.1, 0.15) is 6.92 Å². The predicted octanol–water partition coefficient (Wildman–Crippen LogP) is 3.13. The minimum atomic E-state index is -4.07. The standard InChI is InChI=1S/C15H16O5S/c1-12(21(16,17)18)11-19-13-7-9-15(10-8-13)20-14-5-3-2-4-6-14/h2-10,12H,11H2,1H3,(H,16,17,18)/t12-/m1/s1. The summed E-state index contributed by atoms with van der Waals surface area (Å²) in [5.41, 5.74) is 0. The average molecular weight is 308 g/mol. The Kier molecular flexibility index (Phi) is 4.82. The summed E-state index contributed by atoms with van der Waals surface area (Å²) in [7, 11) is -4.07. The summed E-state index contributed by atoms with van der Waals surface area (Å²) >= 11 is 0. The first-order chi connectivity index (χ1) is 9.95. The van der Waals surface area contributed by atoms with Gasteiger partial charge in [0, 0.05) is 0 Å². The van der Waals surface area contributed by atoms with Gasteiger partial charge in [0.15, 0.2) is 0 Å². The third-order valence-electron chi connectivity index (χ3n) is 2.80. The summed E-state index contributed by atoms with van der Waals surface area (Å²) in [6.07, 6.45) is 0. The number of benzene rings is 2. The van der Waals surface area contributed by atoms with Gasteiger partial charge in [-0.05, 0) is 43.3 Å². The lowest BCUT2D eigenvalue weighted by molar-refractivity contribution is 0.310. The number of para-hydroxylation sites is 1. The van der Waals surface area contributed by atoms with Crippen molar-refractivity contribution in [3.05, 3.63) is 54.6 Å². The first-order valence-corrected chi connectivity index (χ1v) is 7.87. The summed E-state index contributed by atoms with van der Waals surface area (Å²) in [4.78, 5) is 0. The molecule has 5 nitrogen and oxygen atoms in total. The molecule has 0 bridgehead atoms.